The number of benzene rings is 3. The maximum absolute atomic E-state index is 12.8. The third kappa shape index (κ3) is 5.94. The van der Waals surface area contributed by atoms with E-state index in [1.807, 2.05) is 36.4 Å². The van der Waals surface area contributed by atoms with Crippen molar-refractivity contribution in [3.63, 3.8) is 0 Å². The average Bonchev–Trinajstić information content (AvgIpc) is 2.88. The lowest BCUT2D eigenvalue weighted by molar-refractivity contribution is -0.116. The molecule has 0 spiro atoms. The highest BCUT2D eigenvalue weighted by atomic mass is 16.5. The van der Waals surface area contributed by atoms with Crippen LogP contribution in [-0.4, -0.2) is 35.2 Å². The molecule has 0 aliphatic carbocycles. The van der Waals surface area contributed by atoms with E-state index in [0.717, 1.165) is 5.56 Å². The highest BCUT2D eigenvalue weighted by Crippen LogP contribution is 2.22. The Hall–Kier alpha value is -4.50. The minimum Gasteiger partial charge on any atom is -0.383 e. The molecule has 0 saturated carbocycles. The van der Waals surface area contributed by atoms with Gasteiger partial charge in [-0.25, -0.2) is 9.78 Å². The summed E-state index contributed by atoms with van der Waals surface area (Å²) in [4.78, 5) is 43.7. The molecule has 36 heavy (non-hydrogen) atoms. The fourth-order valence-electron chi connectivity index (χ4n) is 3.78. The van der Waals surface area contributed by atoms with Crippen LogP contribution in [0.15, 0.2) is 83.9 Å². The Kier molecular flexibility index (Phi) is 7.72. The van der Waals surface area contributed by atoms with E-state index in [2.05, 4.69) is 15.6 Å². The van der Waals surface area contributed by atoms with Gasteiger partial charge in [0.15, 0.2) is 0 Å². The van der Waals surface area contributed by atoms with Crippen LogP contribution in [0.5, 0.6) is 0 Å². The number of hydrogen-bond acceptors (Lipinski definition) is 5. The number of carbonyl (C=O) groups excluding carboxylic acids is 2. The Morgan fingerprint density at radius 1 is 0.972 bits per heavy atom. The van der Waals surface area contributed by atoms with E-state index in [0.29, 0.717) is 47.7 Å². The quantitative estimate of drug-likeness (QED) is 0.388. The van der Waals surface area contributed by atoms with Crippen LogP contribution in [-0.2, 0) is 22.6 Å². The summed E-state index contributed by atoms with van der Waals surface area (Å²) in [6.07, 6.45) is 1.48. The van der Waals surface area contributed by atoms with Gasteiger partial charge in [-0.2, -0.15) is 0 Å². The standard InChI is InChI=1S/C27H27N5O4/c1-19(33)32(17-20-7-4-3-5-8-20)23-10-6-9-21(15-23)29-27(35)30-22-11-12-25-24(16-22)26(34)31(18-28-25)13-14-36-2/h3-12,15-16,18H,13-14,17H2,1-2H3,(H2,29,30,35). The van der Waals surface area contributed by atoms with Crippen molar-refractivity contribution in [3.05, 3.63) is 95.0 Å². The third-order valence-corrected chi connectivity index (χ3v) is 5.60. The number of aromatic nitrogens is 2. The predicted octanol–water partition coefficient (Wildman–Crippen LogP) is 4.24. The van der Waals surface area contributed by atoms with Gasteiger partial charge in [-0.1, -0.05) is 36.4 Å². The third-order valence-electron chi connectivity index (χ3n) is 5.60. The monoisotopic (exact) mass is 485 g/mol. The number of hydrogen-bond donors (Lipinski definition) is 2. The van der Waals surface area contributed by atoms with Crippen molar-refractivity contribution in [1.82, 2.24) is 9.55 Å². The van der Waals surface area contributed by atoms with Crippen molar-refractivity contribution in [3.8, 4) is 0 Å². The predicted molar refractivity (Wildman–Crippen MR) is 140 cm³/mol. The van der Waals surface area contributed by atoms with Gasteiger partial charge in [-0.15, -0.1) is 0 Å². The van der Waals surface area contributed by atoms with E-state index >= 15 is 0 Å². The van der Waals surface area contributed by atoms with E-state index < -0.39 is 6.03 Å². The van der Waals surface area contributed by atoms with Gasteiger partial charge in [-0.3, -0.25) is 14.2 Å². The summed E-state index contributed by atoms with van der Waals surface area (Å²) in [6, 6.07) is 21.2. The molecule has 0 radical (unpaired) electrons. The van der Waals surface area contributed by atoms with Gasteiger partial charge in [0.2, 0.25) is 5.91 Å². The van der Waals surface area contributed by atoms with Crippen molar-refractivity contribution in [2.75, 3.05) is 29.3 Å². The molecule has 184 valence electrons. The summed E-state index contributed by atoms with van der Waals surface area (Å²) in [7, 11) is 1.57. The lowest BCUT2D eigenvalue weighted by Crippen LogP contribution is -2.28. The zero-order valence-electron chi connectivity index (χ0n) is 20.1. The molecule has 0 saturated heterocycles. The number of urea groups is 1. The summed E-state index contributed by atoms with van der Waals surface area (Å²) in [5.41, 5.74) is 2.96. The van der Waals surface area contributed by atoms with Gasteiger partial charge in [-0.05, 0) is 42.0 Å². The number of fused-ring (bicyclic) bond motifs is 1. The molecule has 1 heterocycles. The van der Waals surface area contributed by atoms with E-state index in [9.17, 15) is 14.4 Å². The molecular formula is C27H27N5O4. The van der Waals surface area contributed by atoms with Crippen LogP contribution in [0, 0.1) is 0 Å². The largest absolute Gasteiger partial charge is 0.383 e. The van der Waals surface area contributed by atoms with Crippen molar-refractivity contribution < 1.29 is 14.3 Å². The molecule has 9 heteroatoms. The van der Waals surface area contributed by atoms with E-state index in [-0.39, 0.29) is 11.5 Å². The number of carbonyl (C=O) groups is 2. The summed E-state index contributed by atoms with van der Waals surface area (Å²) < 4.78 is 6.51. The molecule has 0 fully saturated rings. The maximum Gasteiger partial charge on any atom is 0.323 e. The minimum atomic E-state index is -0.479. The van der Waals surface area contributed by atoms with Gasteiger partial charge in [0.25, 0.3) is 5.56 Å². The van der Waals surface area contributed by atoms with Crippen LogP contribution in [0.4, 0.5) is 21.9 Å². The molecule has 2 N–H and O–H groups in total. The number of nitrogens with zero attached hydrogens (tertiary/aromatic N) is 3. The SMILES string of the molecule is COCCn1cnc2ccc(NC(=O)Nc3cccc(N(Cc4ccccc4)C(C)=O)c3)cc2c1=O. The zero-order valence-corrected chi connectivity index (χ0v) is 20.1. The second kappa shape index (κ2) is 11.3. The second-order valence-electron chi connectivity index (χ2n) is 8.19. The highest BCUT2D eigenvalue weighted by Gasteiger charge is 2.14. The Bertz CT molecular complexity index is 1440. The Morgan fingerprint density at radius 2 is 1.72 bits per heavy atom. The van der Waals surface area contributed by atoms with E-state index in [1.165, 1.54) is 17.8 Å². The molecule has 0 aliphatic rings. The fourth-order valence-corrected chi connectivity index (χ4v) is 3.78. The highest BCUT2D eigenvalue weighted by molar-refractivity contribution is 6.01. The first kappa shape index (κ1) is 24.6. The van der Waals surface area contributed by atoms with Crippen LogP contribution in [0.25, 0.3) is 10.9 Å². The molecule has 4 rings (SSSR count). The number of rotatable bonds is 8. The minimum absolute atomic E-state index is 0.110. The summed E-state index contributed by atoms with van der Waals surface area (Å²) >= 11 is 0. The zero-order chi connectivity index (χ0) is 25.5. The first-order chi connectivity index (χ1) is 17.4. The molecule has 3 amide bonds. The molecule has 0 atom stereocenters. The number of amides is 3. The van der Waals surface area contributed by atoms with Gasteiger partial charge < -0.3 is 20.3 Å². The van der Waals surface area contributed by atoms with Gasteiger partial charge >= 0.3 is 6.03 Å². The Balaban J connectivity index is 1.49. The molecule has 0 aliphatic heterocycles. The van der Waals surface area contributed by atoms with E-state index in [1.54, 1.807) is 48.4 Å². The smallest absolute Gasteiger partial charge is 0.323 e. The molecule has 0 unspecified atom stereocenters. The van der Waals surface area contributed by atoms with E-state index in [4.69, 9.17) is 4.74 Å². The normalized spacial score (nSPS) is 10.7. The molecular weight excluding hydrogens is 458 g/mol. The summed E-state index contributed by atoms with van der Waals surface area (Å²) in [6.45, 7) is 2.69. The van der Waals surface area contributed by atoms with Crippen molar-refractivity contribution in [2.45, 2.75) is 20.0 Å². The first-order valence-corrected chi connectivity index (χ1v) is 11.4. The average molecular weight is 486 g/mol. The van der Waals surface area contributed by atoms with Crippen molar-refractivity contribution >= 4 is 39.9 Å². The van der Waals surface area contributed by atoms with Gasteiger partial charge in [0.1, 0.15) is 0 Å². The first-order valence-electron chi connectivity index (χ1n) is 11.4. The Labute approximate surface area is 208 Å². The lowest BCUT2D eigenvalue weighted by Gasteiger charge is -2.22. The molecule has 1 aromatic heterocycles. The fraction of sp³-hybridized carbons (Fsp3) is 0.185. The second-order valence-corrected chi connectivity index (χ2v) is 8.19. The number of ether oxygens (including phenoxy) is 1. The number of nitrogens with one attached hydrogen (secondary N) is 2. The van der Waals surface area contributed by atoms with Gasteiger partial charge in [0.05, 0.1) is 36.9 Å². The van der Waals surface area contributed by atoms with Crippen LogP contribution >= 0.6 is 0 Å². The lowest BCUT2D eigenvalue weighted by atomic mass is 10.2. The Morgan fingerprint density at radius 3 is 2.44 bits per heavy atom. The number of methoxy groups -OCH3 is 1. The van der Waals surface area contributed by atoms with Gasteiger partial charge in [0, 0.05) is 31.1 Å². The summed E-state index contributed by atoms with van der Waals surface area (Å²) in [5.74, 6) is -0.110. The van der Waals surface area contributed by atoms with Crippen LogP contribution in [0.3, 0.4) is 0 Å². The van der Waals surface area contributed by atoms with Crippen LogP contribution in [0.2, 0.25) is 0 Å². The van der Waals surface area contributed by atoms with Crippen LogP contribution in [0.1, 0.15) is 12.5 Å². The summed E-state index contributed by atoms with van der Waals surface area (Å²) in [5, 5.41) is 5.93. The molecule has 0 bridgehead atoms. The molecule has 9 nitrogen and oxygen atoms in total. The number of anilines is 3. The topological polar surface area (TPSA) is 106 Å². The van der Waals surface area contributed by atoms with Crippen LogP contribution < -0.4 is 21.1 Å². The van der Waals surface area contributed by atoms with Crippen molar-refractivity contribution in [2.24, 2.45) is 0 Å². The maximum atomic E-state index is 12.8. The molecule has 3 aromatic carbocycles. The molecule has 4 aromatic rings. The van der Waals surface area contributed by atoms with Crippen molar-refractivity contribution in [1.29, 1.82) is 0 Å².